The fourth-order valence-corrected chi connectivity index (χ4v) is 1.72. The highest BCUT2D eigenvalue weighted by Gasteiger charge is 2.06. The molecule has 0 saturated carbocycles. The van der Waals surface area contributed by atoms with Crippen molar-refractivity contribution in [2.75, 3.05) is 6.61 Å². The van der Waals surface area contributed by atoms with E-state index in [1.54, 1.807) is 0 Å². The topological polar surface area (TPSA) is 49.6 Å². The predicted octanol–water partition coefficient (Wildman–Crippen LogP) is 1.19. The number of rotatable bonds is 5. The Labute approximate surface area is 94.9 Å². The summed E-state index contributed by atoms with van der Waals surface area (Å²) in [5.74, 6) is 0. The first-order valence-electron chi connectivity index (χ1n) is 5.60. The molecule has 2 rings (SSSR count). The monoisotopic (exact) mass is 219 g/mol. The fraction of sp³-hybridized carbons (Fsp3) is 0.417. The van der Waals surface area contributed by atoms with E-state index in [0.29, 0.717) is 0 Å². The Morgan fingerprint density at radius 2 is 2.38 bits per heavy atom. The first-order valence-corrected chi connectivity index (χ1v) is 5.60. The number of hydrogen-bond acceptors (Lipinski definition) is 3. The average Bonchev–Trinajstić information content (AvgIpc) is 2.74. The van der Waals surface area contributed by atoms with Gasteiger partial charge in [0.1, 0.15) is 0 Å². The number of nitrogens with zero attached hydrogens (tertiary/aromatic N) is 2. The van der Waals surface area contributed by atoms with Crippen molar-refractivity contribution in [2.45, 2.75) is 25.9 Å². The maximum Gasteiger partial charge on any atom is 0.0706 e. The van der Waals surface area contributed by atoms with Gasteiger partial charge in [-0.15, -0.1) is 0 Å². The van der Waals surface area contributed by atoms with Gasteiger partial charge in [-0.1, -0.05) is 13.0 Å². The summed E-state index contributed by atoms with van der Waals surface area (Å²) in [7, 11) is 0. The second-order valence-electron chi connectivity index (χ2n) is 3.87. The molecule has 1 atom stereocenters. The molecule has 4 nitrogen and oxygen atoms in total. The maximum atomic E-state index is 9.08. The van der Waals surface area contributed by atoms with Crippen LogP contribution in [0.2, 0.25) is 0 Å². The zero-order chi connectivity index (χ0) is 11.4. The SMILES string of the molecule is CC[C@@H](CO)NCc1cnn2ccccc12. The van der Waals surface area contributed by atoms with Crippen molar-refractivity contribution >= 4 is 5.52 Å². The lowest BCUT2D eigenvalue weighted by atomic mass is 10.2. The van der Waals surface area contributed by atoms with E-state index in [1.807, 2.05) is 35.1 Å². The van der Waals surface area contributed by atoms with Gasteiger partial charge in [0.2, 0.25) is 0 Å². The molecule has 0 radical (unpaired) electrons. The summed E-state index contributed by atoms with van der Waals surface area (Å²) in [6, 6.07) is 6.17. The molecule has 0 fully saturated rings. The van der Waals surface area contributed by atoms with Crippen LogP contribution in [-0.4, -0.2) is 27.4 Å². The van der Waals surface area contributed by atoms with Crippen molar-refractivity contribution < 1.29 is 5.11 Å². The normalized spacial score (nSPS) is 13.1. The molecule has 0 bridgehead atoms. The summed E-state index contributed by atoms with van der Waals surface area (Å²) < 4.78 is 1.86. The van der Waals surface area contributed by atoms with Crippen LogP contribution in [0.1, 0.15) is 18.9 Å². The molecule has 2 heterocycles. The second-order valence-corrected chi connectivity index (χ2v) is 3.87. The van der Waals surface area contributed by atoms with E-state index < -0.39 is 0 Å². The summed E-state index contributed by atoms with van der Waals surface area (Å²) in [4.78, 5) is 0. The van der Waals surface area contributed by atoms with Crippen molar-refractivity contribution in [3.63, 3.8) is 0 Å². The Morgan fingerprint density at radius 3 is 3.12 bits per heavy atom. The molecule has 2 aromatic heterocycles. The van der Waals surface area contributed by atoms with Gasteiger partial charge < -0.3 is 10.4 Å². The first kappa shape index (κ1) is 11.1. The Hall–Kier alpha value is -1.39. The van der Waals surface area contributed by atoms with Gasteiger partial charge in [0, 0.05) is 24.3 Å². The van der Waals surface area contributed by atoms with E-state index in [4.69, 9.17) is 5.11 Å². The number of aliphatic hydroxyl groups excluding tert-OH is 1. The van der Waals surface area contributed by atoms with E-state index in [-0.39, 0.29) is 12.6 Å². The van der Waals surface area contributed by atoms with E-state index in [1.165, 1.54) is 0 Å². The van der Waals surface area contributed by atoms with E-state index >= 15 is 0 Å². The molecular formula is C12H17N3O. The number of hydrogen-bond donors (Lipinski definition) is 2. The van der Waals surface area contributed by atoms with Gasteiger partial charge in [-0.25, -0.2) is 4.52 Å². The molecule has 0 aliphatic heterocycles. The predicted molar refractivity (Wildman–Crippen MR) is 63.2 cm³/mol. The Morgan fingerprint density at radius 1 is 1.50 bits per heavy atom. The van der Waals surface area contributed by atoms with Crippen molar-refractivity contribution in [1.82, 2.24) is 14.9 Å². The fourth-order valence-electron chi connectivity index (χ4n) is 1.72. The molecule has 0 amide bonds. The zero-order valence-corrected chi connectivity index (χ0v) is 9.43. The Bertz CT molecular complexity index is 448. The Balaban J connectivity index is 2.09. The van der Waals surface area contributed by atoms with Gasteiger partial charge in [-0.3, -0.25) is 0 Å². The smallest absolute Gasteiger partial charge is 0.0706 e. The molecule has 0 aliphatic rings. The number of aliphatic hydroxyl groups is 1. The summed E-state index contributed by atoms with van der Waals surface area (Å²) in [5.41, 5.74) is 2.27. The quantitative estimate of drug-likeness (QED) is 0.794. The van der Waals surface area contributed by atoms with Gasteiger partial charge in [0.25, 0.3) is 0 Å². The highest BCUT2D eigenvalue weighted by Crippen LogP contribution is 2.09. The highest BCUT2D eigenvalue weighted by atomic mass is 16.3. The lowest BCUT2D eigenvalue weighted by Crippen LogP contribution is -2.31. The third-order valence-electron chi connectivity index (χ3n) is 2.80. The molecule has 0 unspecified atom stereocenters. The van der Waals surface area contributed by atoms with Crippen LogP contribution in [0.25, 0.3) is 5.52 Å². The van der Waals surface area contributed by atoms with E-state index in [2.05, 4.69) is 17.3 Å². The molecule has 2 aromatic rings. The molecule has 4 heteroatoms. The molecule has 16 heavy (non-hydrogen) atoms. The third-order valence-corrected chi connectivity index (χ3v) is 2.80. The van der Waals surface area contributed by atoms with Crippen LogP contribution in [0.4, 0.5) is 0 Å². The average molecular weight is 219 g/mol. The standard InChI is InChI=1S/C12H17N3O/c1-2-11(9-16)13-7-10-8-14-15-6-4-3-5-12(10)15/h3-6,8,11,13,16H,2,7,9H2,1H3/t11-/m0/s1. The number of pyridine rings is 1. The van der Waals surface area contributed by atoms with E-state index in [9.17, 15) is 0 Å². The molecule has 0 saturated heterocycles. The number of fused-ring (bicyclic) bond motifs is 1. The van der Waals surface area contributed by atoms with Gasteiger partial charge in [-0.05, 0) is 18.6 Å². The van der Waals surface area contributed by atoms with Crippen LogP contribution in [0.3, 0.4) is 0 Å². The highest BCUT2D eigenvalue weighted by molar-refractivity contribution is 5.53. The summed E-state index contributed by atoms with van der Waals surface area (Å²) >= 11 is 0. The minimum atomic E-state index is 0.165. The van der Waals surface area contributed by atoms with Crippen LogP contribution in [0, 0.1) is 0 Å². The minimum absolute atomic E-state index is 0.165. The van der Waals surface area contributed by atoms with E-state index in [0.717, 1.165) is 24.0 Å². The lowest BCUT2D eigenvalue weighted by molar-refractivity contribution is 0.238. The summed E-state index contributed by atoms with van der Waals surface area (Å²) in [6.45, 7) is 2.98. The third kappa shape index (κ3) is 2.23. The zero-order valence-electron chi connectivity index (χ0n) is 9.43. The van der Waals surface area contributed by atoms with Gasteiger partial charge in [0.05, 0.1) is 18.3 Å². The minimum Gasteiger partial charge on any atom is -0.395 e. The molecule has 0 spiro atoms. The summed E-state index contributed by atoms with van der Waals surface area (Å²) in [6.07, 6.45) is 4.73. The molecule has 0 aliphatic carbocycles. The molecule has 2 N–H and O–H groups in total. The van der Waals surface area contributed by atoms with Crippen LogP contribution in [0.15, 0.2) is 30.6 Å². The van der Waals surface area contributed by atoms with Gasteiger partial charge in [0.15, 0.2) is 0 Å². The lowest BCUT2D eigenvalue weighted by Gasteiger charge is -2.12. The first-order chi connectivity index (χ1) is 7.85. The van der Waals surface area contributed by atoms with Crippen LogP contribution >= 0.6 is 0 Å². The summed E-state index contributed by atoms with van der Waals surface area (Å²) in [5, 5.41) is 16.7. The van der Waals surface area contributed by atoms with Gasteiger partial charge in [-0.2, -0.15) is 5.10 Å². The molecule has 0 aromatic carbocycles. The number of aromatic nitrogens is 2. The van der Waals surface area contributed by atoms with Gasteiger partial charge >= 0.3 is 0 Å². The largest absolute Gasteiger partial charge is 0.395 e. The molecular weight excluding hydrogens is 202 g/mol. The van der Waals surface area contributed by atoms with Crippen LogP contribution < -0.4 is 5.32 Å². The molecule has 86 valence electrons. The van der Waals surface area contributed by atoms with Crippen molar-refractivity contribution in [1.29, 1.82) is 0 Å². The maximum absolute atomic E-state index is 9.08. The van der Waals surface area contributed by atoms with Crippen molar-refractivity contribution in [3.8, 4) is 0 Å². The van der Waals surface area contributed by atoms with Crippen molar-refractivity contribution in [2.24, 2.45) is 0 Å². The second kappa shape index (κ2) is 5.09. The number of nitrogens with one attached hydrogen (secondary N) is 1. The van der Waals surface area contributed by atoms with Crippen molar-refractivity contribution in [3.05, 3.63) is 36.2 Å². The Kier molecular flexibility index (Phi) is 3.54. The van der Waals surface area contributed by atoms with Crippen LogP contribution in [-0.2, 0) is 6.54 Å². The van der Waals surface area contributed by atoms with Crippen LogP contribution in [0.5, 0.6) is 0 Å².